The fourth-order valence-electron chi connectivity index (χ4n) is 3.76. The monoisotopic (exact) mass is 399 g/mol. The van der Waals surface area contributed by atoms with E-state index >= 15 is 0 Å². The zero-order valence-corrected chi connectivity index (χ0v) is 16.7. The first-order chi connectivity index (χ1) is 12.4. The van der Waals surface area contributed by atoms with Crippen LogP contribution in [0.3, 0.4) is 0 Å². The predicted octanol–water partition coefficient (Wildman–Crippen LogP) is 2.19. The average Bonchev–Trinajstić information content (AvgIpc) is 3.12. The molecule has 0 radical (unpaired) electrons. The van der Waals surface area contributed by atoms with Crippen molar-refractivity contribution >= 4 is 33.2 Å². The lowest BCUT2D eigenvalue weighted by atomic mass is 10.1. The minimum absolute atomic E-state index is 0.0482. The van der Waals surface area contributed by atoms with Crippen molar-refractivity contribution in [2.75, 3.05) is 43.4 Å². The van der Waals surface area contributed by atoms with E-state index in [0.717, 1.165) is 25.2 Å². The van der Waals surface area contributed by atoms with Crippen LogP contribution in [0.25, 0.3) is 0 Å². The van der Waals surface area contributed by atoms with Gasteiger partial charge in [-0.05, 0) is 37.5 Å². The number of anilines is 1. The lowest BCUT2D eigenvalue weighted by molar-refractivity contribution is -0.134. The van der Waals surface area contributed by atoms with Crippen LogP contribution in [0.1, 0.15) is 26.2 Å². The average molecular weight is 400 g/mol. The number of carbonyl (C=O) groups excluding carboxylic acids is 1. The number of amides is 1. The van der Waals surface area contributed by atoms with E-state index < -0.39 is 16.1 Å². The van der Waals surface area contributed by atoms with Gasteiger partial charge >= 0.3 is 0 Å². The molecule has 26 heavy (non-hydrogen) atoms. The molecule has 1 atom stereocenters. The molecular weight excluding hydrogens is 374 g/mol. The van der Waals surface area contributed by atoms with E-state index in [9.17, 15) is 13.2 Å². The van der Waals surface area contributed by atoms with Gasteiger partial charge in [0, 0.05) is 43.4 Å². The Morgan fingerprint density at radius 1 is 1.19 bits per heavy atom. The first-order valence-electron chi connectivity index (χ1n) is 9.21. The largest absolute Gasteiger partial charge is 0.368 e. The highest BCUT2D eigenvalue weighted by atomic mass is 35.5. The number of nitrogens with zero attached hydrogens (tertiary/aromatic N) is 3. The van der Waals surface area contributed by atoms with Crippen molar-refractivity contribution in [1.82, 2.24) is 9.21 Å². The molecule has 6 nitrogen and oxygen atoms in total. The molecule has 144 valence electrons. The normalized spacial score (nSPS) is 22.0. The van der Waals surface area contributed by atoms with Gasteiger partial charge in [-0.1, -0.05) is 24.6 Å². The summed E-state index contributed by atoms with van der Waals surface area (Å²) in [5, 5.41) is 0.698. The second-order valence-corrected chi connectivity index (χ2v) is 9.35. The van der Waals surface area contributed by atoms with Crippen LogP contribution in [-0.2, 0) is 14.8 Å². The van der Waals surface area contributed by atoms with Gasteiger partial charge in [0.25, 0.3) is 0 Å². The lowest BCUT2D eigenvalue weighted by Gasteiger charge is -2.38. The number of carbonyl (C=O) groups is 1. The Hall–Kier alpha value is -1.31. The molecule has 8 heteroatoms. The summed E-state index contributed by atoms with van der Waals surface area (Å²) in [5.41, 5.74) is 1.05. The van der Waals surface area contributed by atoms with Crippen molar-refractivity contribution in [2.24, 2.45) is 0 Å². The predicted molar refractivity (Wildman–Crippen MR) is 104 cm³/mol. The number of benzene rings is 1. The Balaban J connectivity index is 1.63. The molecule has 2 heterocycles. The van der Waals surface area contributed by atoms with Crippen LogP contribution in [0.2, 0.25) is 5.02 Å². The van der Waals surface area contributed by atoms with Crippen molar-refractivity contribution in [3.63, 3.8) is 0 Å². The van der Waals surface area contributed by atoms with Crippen LogP contribution >= 0.6 is 11.6 Å². The molecule has 0 aromatic heterocycles. The molecule has 3 rings (SSSR count). The van der Waals surface area contributed by atoms with Crippen molar-refractivity contribution in [1.29, 1.82) is 0 Å². The number of halogens is 1. The minimum atomic E-state index is -3.34. The first kappa shape index (κ1) is 19.5. The summed E-state index contributed by atoms with van der Waals surface area (Å²) in [6.45, 7) is 4.95. The van der Waals surface area contributed by atoms with E-state index in [1.165, 1.54) is 4.31 Å². The van der Waals surface area contributed by atoms with Gasteiger partial charge in [-0.2, -0.15) is 4.31 Å². The Morgan fingerprint density at radius 3 is 2.58 bits per heavy atom. The molecule has 0 N–H and O–H groups in total. The van der Waals surface area contributed by atoms with Crippen LogP contribution in [0.5, 0.6) is 0 Å². The smallest absolute Gasteiger partial charge is 0.241 e. The Bertz CT molecular complexity index is 748. The molecule has 0 saturated carbocycles. The number of sulfonamides is 1. The van der Waals surface area contributed by atoms with Crippen LogP contribution < -0.4 is 4.90 Å². The Morgan fingerprint density at radius 2 is 1.92 bits per heavy atom. The van der Waals surface area contributed by atoms with Crippen LogP contribution in [0.15, 0.2) is 24.3 Å². The highest BCUT2D eigenvalue weighted by Gasteiger charge is 2.40. The van der Waals surface area contributed by atoms with Gasteiger partial charge < -0.3 is 9.80 Å². The fraction of sp³-hybridized carbons (Fsp3) is 0.611. The standard InChI is InChI=1S/C18H26ClN3O3S/c1-2-13-26(24,25)22-8-4-7-17(22)18(23)21-11-9-20(10-12-21)16-6-3-5-15(19)14-16/h3,5-6,14,17H,2,4,7-13H2,1H3. The summed E-state index contributed by atoms with van der Waals surface area (Å²) >= 11 is 6.06. The van der Waals surface area contributed by atoms with Gasteiger partial charge in [0.2, 0.25) is 15.9 Å². The van der Waals surface area contributed by atoms with E-state index in [4.69, 9.17) is 11.6 Å². The second-order valence-electron chi connectivity index (χ2n) is 6.88. The van der Waals surface area contributed by atoms with E-state index in [2.05, 4.69) is 4.90 Å². The first-order valence-corrected chi connectivity index (χ1v) is 11.2. The summed E-state index contributed by atoms with van der Waals surface area (Å²) < 4.78 is 26.3. The van der Waals surface area contributed by atoms with Gasteiger partial charge in [-0.15, -0.1) is 0 Å². The number of hydrogen-bond donors (Lipinski definition) is 0. The van der Waals surface area contributed by atoms with Crippen molar-refractivity contribution in [3.05, 3.63) is 29.3 Å². The molecule has 0 bridgehead atoms. The van der Waals surface area contributed by atoms with Crippen molar-refractivity contribution < 1.29 is 13.2 Å². The van der Waals surface area contributed by atoms with Crippen molar-refractivity contribution in [2.45, 2.75) is 32.2 Å². The SMILES string of the molecule is CCCS(=O)(=O)N1CCCC1C(=O)N1CCN(c2cccc(Cl)c2)CC1. The van der Waals surface area contributed by atoms with Crippen LogP contribution in [0.4, 0.5) is 5.69 Å². The summed E-state index contributed by atoms with van der Waals surface area (Å²) in [6.07, 6.45) is 1.94. The third-order valence-electron chi connectivity index (χ3n) is 5.07. The topological polar surface area (TPSA) is 60.9 Å². The molecule has 2 fully saturated rings. The van der Waals surface area contributed by atoms with Gasteiger partial charge in [0.05, 0.1) is 5.75 Å². The second kappa shape index (κ2) is 8.15. The summed E-state index contributed by atoms with van der Waals surface area (Å²) in [7, 11) is -3.34. The van der Waals surface area contributed by atoms with E-state index in [1.807, 2.05) is 36.1 Å². The van der Waals surface area contributed by atoms with Gasteiger partial charge in [-0.3, -0.25) is 4.79 Å². The molecule has 1 aromatic rings. The van der Waals surface area contributed by atoms with Gasteiger partial charge in [0.1, 0.15) is 6.04 Å². The third-order valence-corrected chi connectivity index (χ3v) is 7.38. The third kappa shape index (κ3) is 4.15. The van der Waals surface area contributed by atoms with E-state index in [1.54, 1.807) is 0 Å². The molecule has 1 unspecified atom stereocenters. The van der Waals surface area contributed by atoms with E-state index in [0.29, 0.717) is 37.5 Å². The van der Waals surface area contributed by atoms with Crippen molar-refractivity contribution in [3.8, 4) is 0 Å². The quantitative estimate of drug-likeness (QED) is 0.761. The zero-order valence-electron chi connectivity index (χ0n) is 15.1. The Labute approximate surface area is 160 Å². The molecule has 1 aromatic carbocycles. The maximum Gasteiger partial charge on any atom is 0.241 e. The van der Waals surface area contributed by atoms with Gasteiger partial charge in [-0.25, -0.2) is 8.42 Å². The van der Waals surface area contributed by atoms with E-state index in [-0.39, 0.29) is 11.7 Å². The summed E-state index contributed by atoms with van der Waals surface area (Å²) in [5.74, 6) is 0.0622. The number of piperazine rings is 1. The Kier molecular flexibility index (Phi) is 6.10. The molecule has 2 aliphatic rings. The fourth-order valence-corrected chi connectivity index (χ4v) is 5.69. The zero-order chi connectivity index (χ0) is 18.7. The highest BCUT2D eigenvalue weighted by molar-refractivity contribution is 7.89. The van der Waals surface area contributed by atoms with Crippen LogP contribution in [-0.4, -0.2) is 68.0 Å². The molecule has 0 spiro atoms. The maximum absolute atomic E-state index is 12.9. The summed E-state index contributed by atoms with van der Waals surface area (Å²) in [6, 6.07) is 7.18. The van der Waals surface area contributed by atoms with Crippen LogP contribution in [0, 0.1) is 0 Å². The minimum Gasteiger partial charge on any atom is -0.368 e. The number of rotatable bonds is 5. The summed E-state index contributed by atoms with van der Waals surface area (Å²) in [4.78, 5) is 17.0. The highest BCUT2D eigenvalue weighted by Crippen LogP contribution is 2.25. The molecule has 0 aliphatic carbocycles. The number of hydrogen-bond acceptors (Lipinski definition) is 4. The molecule has 1 amide bonds. The molecular formula is C18H26ClN3O3S. The molecule has 2 saturated heterocycles. The maximum atomic E-state index is 12.9. The molecule has 2 aliphatic heterocycles. The lowest BCUT2D eigenvalue weighted by Crippen LogP contribution is -2.54. The van der Waals surface area contributed by atoms with Gasteiger partial charge in [0.15, 0.2) is 0 Å².